The van der Waals surface area contributed by atoms with Gasteiger partial charge in [0.15, 0.2) is 0 Å². The fourth-order valence-electron chi connectivity index (χ4n) is 3.72. The Morgan fingerprint density at radius 2 is 1.72 bits per heavy atom. The smallest absolute Gasteiger partial charge is 0.292 e. The Labute approximate surface area is 210 Å². The Kier molecular flexibility index (Phi) is 6.75. The van der Waals surface area contributed by atoms with Gasteiger partial charge in [0.05, 0.1) is 16.5 Å². The van der Waals surface area contributed by atoms with E-state index < -0.39 is 21.5 Å². The summed E-state index contributed by atoms with van der Waals surface area (Å²) in [7, 11) is -3.74. The summed E-state index contributed by atoms with van der Waals surface area (Å²) in [6.45, 7) is 5.36. The Bertz CT molecular complexity index is 1560. The zero-order valence-corrected chi connectivity index (χ0v) is 20.9. The number of sulfonamides is 1. The highest BCUT2D eigenvalue weighted by atomic mass is 32.2. The molecule has 2 N–H and O–H groups in total. The van der Waals surface area contributed by atoms with Gasteiger partial charge in [0.2, 0.25) is 15.8 Å². The molecular formula is C27H25N5O3S. The van der Waals surface area contributed by atoms with E-state index in [0.29, 0.717) is 28.1 Å². The van der Waals surface area contributed by atoms with Gasteiger partial charge in [-0.2, -0.15) is 5.26 Å². The third-order valence-electron chi connectivity index (χ3n) is 5.17. The van der Waals surface area contributed by atoms with E-state index in [2.05, 4.69) is 21.1 Å². The second-order valence-electron chi connectivity index (χ2n) is 9.17. The lowest BCUT2D eigenvalue weighted by Gasteiger charge is -2.21. The zero-order chi connectivity index (χ0) is 25.9. The van der Waals surface area contributed by atoms with Crippen LogP contribution in [0.5, 0.6) is 0 Å². The largest absolute Gasteiger partial charge is 0.319 e. The molecular weight excluding hydrogens is 474 g/mol. The number of nitriles is 1. The molecule has 4 rings (SSSR count). The first-order valence-corrected chi connectivity index (χ1v) is 12.6. The van der Waals surface area contributed by atoms with Crippen LogP contribution in [0.25, 0.3) is 16.8 Å². The van der Waals surface area contributed by atoms with Gasteiger partial charge >= 0.3 is 0 Å². The predicted molar refractivity (Wildman–Crippen MR) is 138 cm³/mol. The minimum absolute atomic E-state index is 0.166. The van der Waals surface area contributed by atoms with Gasteiger partial charge in [-0.3, -0.25) is 9.36 Å². The number of benzene rings is 3. The molecule has 3 aromatic carbocycles. The standard InChI is InChI=1S/C27H25N5O3S/c1-27(2,3)31-36(34,35)24-10-5-4-9-23(24)20-11-13-21(14-12-20)30-26(33)25-29-15-16-32(25)22-8-6-7-19(17-22)18-28/h4-17,31H,1-3H3,(H,30,33). The first-order chi connectivity index (χ1) is 17.1. The molecule has 9 heteroatoms. The molecule has 36 heavy (non-hydrogen) atoms. The summed E-state index contributed by atoms with van der Waals surface area (Å²) in [4.78, 5) is 17.3. The third-order valence-corrected chi connectivity index (χ3v) is 6.98. The van der Waals surface area contributed by atoms with E-state index in [1.54, 1.807) is 104 Å². The fourth-order valence-corrected chi connectivity index (χ4v) is 5.37. The van der Waals surface area contributed by atoms with Crippen LogP contribution < -0.4 is 10.0 Å². The number of carbonyl (C=O) groups excluding carboxylic acids is 1. The number of aromatic nitrogens is 2. The highest BCUT2D eigenvalue weighted by Gasteiger charge is 2.24. The fraction of sp³-hybridized carbons (Fsp3) is 0.148. The van der Waals surface area contributed by atoms with Gasteiger partial charge in [0.25, 0.3) is 5.91 Å². The lowest BCUT2D eigenvalue weighted by Crippen LogP contribution is -2.40. The van der Waals surface area contributed by atoms with E-state index in [9.17, 15) is 13.2 Å². The predicted octanol–water partition coefficient (Wildman–Crippen LogP) is 4.74. The van der Waals surface area contributed by atoms with Crippen molar-refractivity contribution in [1.29, 1.82) is 5.26 Å². The van der Waals surface area contributed by atoms with E-state index in [1.165, 1.54) is 6.20 Å². The molecule has 1 amide bonds. The number of imidazole rings is 1. The summed E-state index contributed by atoms with van der Waals surface area (Å²) in [6, 6.07) is 22.7. The van der Waals surface area contributed by atoms with Gasteiger partial charge in [-0.1, -0.05) is 36.4 Å². The number of nitrogens with zero attached hydrogens (tertiary/aromatic N) is 3. The molecule has 8 nitrogen and oxygen atoms in total. The van der Waals surface area contributed by atoms with Gasteiger partial charge in [0, 0.05) is 34.9 Å². The molecule has 0 radical (unpaired) electrons. The summed E-state index contributed by atoms with van der Waals surface area (Å²) >= 11 is 0. The Morgan fingerprint density at radius 3 is 2.42 bits per heavy atom. The average molecular weight is 500 g/mol. The normalized spacial score (nSPS) is 11.6. The summed E-state index contributed by atoms with van der Waals surface area (Å²) in [5.74, 6) is -0.258. The Morgan fingerprint density at radius 1 is 1.00 bits per heavy atom. The molecule has 0 bridgehead atoms. The molecule has 0 atom stereocenters. The molecule has 0 aliphatic heterocycles. The SMILES string of the molecule is CC(C)(C)NS(=O)(=O)c1ccccc1-c1ccc(NC(=O)c2nccn2-c2cccc(C#N)c2)cc1. The van der Waals surface area contributed by atoms with Gasteiger partial charge in [-0.25, -0.2) is 18.1 Å². The lowest BCUT2D eigenvalue weighted by atomic mass is 10.1. The number of hydrogen-bond donors (Lipinski definition) is 2. The van der Waals surface area contributed by atoms with E-state index in [-0.39, 0.29) is 10.7 Å². The second kappa shape index (κ2) is 9.77. The maximum Gasteiger partial charge on any atom is 0.292 e. The van der Waals surface area contributed by atoms with Crippen LogP contribution in [-0.4, -0.2) is 29.4 Å². The lowest BCUT2D eigenvalue weighted by molar-refractivity contribution is 0.101. The third kappa shape index (κ3) is 5.51. The summed E-state index contributed by atoms with van der Waals surface area (Å²) in [6.07, 6.45) is 3.16. The maximum atomic E-state index is 13.0. The Balaban J connectivity index is 1.57. The van der Waals surface area contributed by atoms with Crippen molar-refractivity contribution >= 4 is 21.6 Å². The van der Waals surface area contributed by atoms with Crippen molar-refractivity contribution in [1.82, 2.24) is 14.3 Å². The highest BCUT2D eigenvalue weighted by molar-refractivity contribution is 7.89. The van der Waals surface area contributed by atoms with Crippen LogP contribution in [0, 0.1) is 11.3 Å². The quantitative estimate of drug-likeness (QED) is 0.397. The molecule has 0 aliphatic rings. The minimum atomic E-state index is -3.74. The Hall–Kier alpha value is -4.26. The number of anilines is 1. The van der Waals surface area contributed by atoms with Crippen molar-refractivity contribution < 1.29 is 13.2 Å². The monoisotopic (exact) mass is 499 g/mol. The van der Waals surface area contributed by atoms with Crippen LogP contribution in [0.4, 0.5) is 5.69 Å². The molecule has 0 aliphatic carbocycles. The number of rotatable bonds is 6. The number of amides is 1. The topological polar surface area (TPSA) is 117 Å². The van der Waals surface area contributed by atoms with Gasteiger partial charge in [0.1, 0.15) is 0 Å². The number of nitrogens with one attached hydrogen (secondary N) is 2. The second-order valence-corrected chi connectivity index (χ2v) is 10.8. The van der Waals surface area contributed by atoms with Crippen molar-refractivity contribution in [2.75, 3.05) is 5.32 Å². The number of hydrogen-bond acceptors (Lipinski definition) is 5. The van der Waals surface area contributed by atoms with Gasteiger partial charge < -0.3 is 5.32 Å². The molecule has 1 aromatic heterocycles. The van der Waals surface area contributed by atoms with E-state index in [0.717, 1.165) is 0 Å². The van der Waals surface area contributed by atoms with Crippen molar-refractivity contribution in [3.05, 3.63) is 96.6 Å². The van der Waals surface area contributed by atoms with E-state index in [4.69, 9.17) is 5.26 Å². The van der Waals surface area contributed by atoms with Crippen LogP contribution in [-0.2, 0) is 10.0 Å². The van der Waals surface area contributed by atoms with Crippen molar-refractivity contribution in [2.24, 2.45) is 0 Å². The van der Waals surface area contributed by atoms with E-state index in [1.807, 2.05) is 0 Å². The zero-order valence-electron chi connectivity index (χ0n) is 20.1. The number of carbonyl (C=O) groups is 1. The van der Waals surface area contributed by atoms with Gasteiger partial charge in [-0.15, -0.1) is 0 Å². The summed E-state index contributed by atoms with van der Waals surface area (Å²) in [5, 5.41) is 12.0. The first-order valence-electron chi connectivity index (χ1n) is 11.2. The molecule has 0 spiro atoms. The van der Waals surface area contributed by atoms with Crippen LogP contribution >= 0.6 is 0 Å². The van der Waals surface area contributed by atoms with Crippen molar-refractivity contribution in [3.8, 4) is 22.9 Å². The van der Waals surface area contributed by atoms with Crippen LogP contribution in [0.2, 0.25) is 0 Å². The average Bonchev–Trinajstić information content (AvgIpc) is 3.33. The van der Waals surface area contributed by atoms with Crippen molar-refractivity contribution in [3.63, 3.8) is 0 Å². The van der Waals surface area contributed by atoms with Gasteiger partial charge in [-0.05, 0) is 62.7 Å². The summed E-state index contributed by atoms with van der Waals surface area (Å²) in [5.41, 5.74) is 2.27. The molecule has 1 heterocycles. The molecule has 0 unspecified atom stereocenters. The first kappa shape index (κ1) is 24.9. The highest BCUT2D eigenvalue weighted by Crippen LogP contribution is 2.29. The summed E-state index contributed by atoms with van der Waals surface area (Å²) < 4.78 is 30.3. The maximum absolute atomic E-state index is 13.0. The van der Waals surface area contributed by atoms with Crippen molar-refractivity contribution in [2.45, 2.75) is 31.2 Å². The molecule has 0 fully saturated rings. The van der Waals surface area contributed by atoms with Crippen LogP contribution in [0.15, 0.2) is 90.1 Å². The molecule has 4 aromatic rings. The van der Waals surface area contributed by atoms with Crippen LogP contribution in [0.1, 0.15) is 37.0 Å². The minimum Gasteiger partial charge on any atom is -0.319 e. The molecule has 182 valence electrons. The molecule has 0 saturated heterocycles. The molecule has 0 saturated carbocycles. The van der Waals surface area contributed by atoms with Crippen LogP contribution in [0.3, 0.4) is 0 Å². The van der Waals surface area contributed by atoms with E-state index >= 15 is 0 Å².